The fourth-order valence-electron chi connectivity index (χ4n) is 4.42. The molecule has 8 heteroatoms. The summed E-state index contributed by atoms with van der Waals surface area (Å²) in [6, 6.07) is 19.6. The third kappa shape index (κ3) is 5.46. The maximum absolute atomic E-state index is 13.8. The second-order valence-electron chi connectivity index (χ2n) is 8.56. The van der Waals surface area contributed by atoms with E-state index in [9.17, 15) is 9.59 Å². The number of fused-ring (bicyclic) bond motifs is 1. The van der Waals surface area contributed by atoms with Crippen LogP contribution in [0.1, 0.15) is 53.0 Å². The van der Waals surface area contributed by atoms with E-state index in [1.807, 2.05) is 43.3 Å². The number of hydrogen-bond acceptors (Lipinski definition) is 4. The van der Waals surface area contributed by atoms with Gasteiger partial charge in [-0.1, -0.05) is 66.5 Å². The minimum Gasteiger partial charge on any atom is -0.330 e. The molecule has 2 heterocycles. The number of carbonyl (C=O) groups excluding carboxylic acids is 1. The topological polar surface area (TPSA) is 80.7 Å². The minimum atomic E-state index is -0.451. The van der Waals surface area contributed by atoms with Crippen molar-refractivity contribution in [2.75, 3.05) is 13.1 Å². The number of halogens is 2. The lowest BCUT2D eigenvalue weighted by molar-refractivity contribution is 0.0664. The Bertz CT molecular complexity index is 1420. The first-order valence-corrected chi connectivity index (χ1v) is 12.7. The summed E-state index contributed by atoms with van der Waals surface area (Å²) in [7, 11) is 0. The van der Waals surface area contributed by atoms with Crippen molar-refractivity contribution in [1.82, 2.24) is 14.3 Å². The summed E-state index contributed by atoms with van der Waals surface area (Å²) < 4.78 is 1.55. The molecule has 0 saturated carbocycles. The summed E-state index contributed by atoms with van der Waals surface area (Å²) in [5.74, 6) is -0.252. The predicted molar refractivity (Wildman–Crippen MR) is 145 cm³/mol. The molecule has 0 fully saturated rings. The van der Waals surface area contributed by atoms with Gasteiger partial charge in [-0.05, 0) is 55.3 Å². The normalized spacial score (nSPS) is 12.0. The lowest BCUT2D eigenvalue weighted by Gasteiger charge is -2.32. The molecule has 36 heavy (non-hydrogen) atoms. The first-order chi connectivity index (χ1) is 17.4. The molecule has 0 aliphatic rings. The van der Waals surface area contributed by atoms with Gasteiger partial charge < -0.3 is 10.6 Å². The number of rotatable bonds is 9. The van der Waals surface area contributed by atoms with Crippen molar-refractivity contribution in [3.05, 3.63) is 116 Å². The van der Waals surface area contributed by atoms with Crippen LogP contribution in [0.4, 0.5) is 0 Å². The largest absolute Gasteiger partial charge is 0.330 e. The van der Waals surface area contributed by atoms with Gasteiger partial charge in [-0.25, -0.2) is 4.98 Å². The molecule has 2 aromatic heterocycles. The molecule has 0 saturated heterocycles. The van der Waals surface area contributed by atoms with Gasteiger partial charge >= 0.3 is 0 Å². The summed E-state index contributed by atoms with van der Waals surface area (Å²) in [6.07, 6.45) is 3.26. The van der Waals surface area contributed by atoms with E-state index in [1.54, 1.807) is 45.8 Å². The van der Waals surface area contributed by atoms with Crippen molar-refractivity contribution < 1.29 is 4.79 Å². The van der Waals surface area contributed by atoms with Gasteiger partial charge in [0.15, 0.2) is 0 Å². The van der Waals surface area contributed by atoms with Crippen LogP contribution in [0.5, 0.6) is 0 Å². The molecule has 1 atom stereocenters. The molecule has 2 N–H and O–H groups in total. The summed E-state index contributed by atoms with van der Waals surface area (Å²) in [4.78, 5) is 34.2. The summed E-state index contributed by atoms with van der Waals surface area (Å²) in [5.41, 5.74) is 8.70. The van der Waals surface area contributed by atoms with Crippen LogP contribution >= 0.6 is 23.2 Å². The van der Waals surface area contributed by atoms with Crippen molar-refractivity contribution in [2.24, 2.45) is 5.73 Å². The molecule has 4 aromatic rings. The van der Waals surface area contributed by atoms with Crippen LogP contribution in [0.25, 0.3) is 5.65 Å². The molecule has 6 nitrogen and oxygen atoms in total. The molecular weight excluding hydrogens is 495 g/mol. The van der Waals surface area contributed by atoms with E-state index < -0.39 is 6.04 Å². The van der Waals surface area contributed by atoms with Gasteiger partial charge in [0.1, 0.15) is 5.65 Å². The van der Waals surface area contributed by atoms with Gasteiger partial charge in [-0.2, -0.15) is 0 Å². The second kappa shape index (κ2) is 11.7. The number of nitrogens with zero attached hydrogens (tertiary/aromatic N) is 3. The van der Waals surface area contributed by atoms with Gasteiger partial charge in [0, 0.05) is 29.7 Å². The highest BCUT2D eigenvalue weighted by Gasteiger charge is 2.30. The SMILES string of the molecule is CCC(c1nc2ccccn2c(=O)c1Cc1ccccc1)N(CCCN)C(=O)c1ccc(Cl)cc1Cl. The fourth-order valence-corrected chi connectivity index (χ4v) is 4.91. The van der Waals surface area contributed by atoms with Crippen LogP contribution in [0.15, 0.2) is 77.7 Å². The van der Waals surface area contributed by atoms with E-state index >= 15 is 0 Å². The van der Waals surface area contributed by atoms with Crippen LogP contribution < -0.4 is 11.3 Å². The Labute approximate surface area is 220 Å². The van der Waals surface area contributed by atoms with E-state index in [-0.39, 0.29) is 16.5 Å². The summed E-state index contributed by atoms with van der Waals surface area (Å²) in [6.45, 7) is 2.80. The molecule has 4 rings (SSSR count). The van der Waals surface area contributed by atoms with E-state index in [0.29, 0.717) is 59.8 Å². The van der Waals surface area contributed by atoms with E-state index in [4.69, 9.17) is 33.9 Å². The second-order valence-corrected chi connectivity index (χ2v) is 9.40. The summed E-state index contributed by atoms with van der Waals surface area (Å²) >= 11 is 12.5. The number of carbonyl (C=O) groups is 1. The third-order valence-corrected chi connectivity index (χ3v) is 6.74. The molecule has 0 aliphatic carbocycles. The first-order valence-electron chi connectivity index (χ1n) is 11.9. The number of amides is 1. The van der Waals surface area contributed by atoms with Crippen molar-refractivity contribution in [3.8, 4) is 0 Å². The molecule has 1 amide bonds. The average molecular weight is 523 g/mol. The highest BCUT2D eigenvalue weighted by molar-refractivity contribution is 6.36. The molecule has 1 unspecified atom stereocenters. The Balaban J connectivity index is 1.88. The number of pyridine rings is 1. The molecule has 0 radical (unpaired) electrons. The van der Waals surface area contributed by atoms with Crippen LogP contribution in [0, 0.1) is 0 Å². The minimum absolute atomic E-state index is 0.145. The summed E-state index contributed by atoms with van der Waals surface area (Å²) in [5, 5.41) is 0.725. The Kier molecular flexibility index (Phi) is 8.41. The highest BCUT2D eigenvalue weighted by Crippen LogP contribution is 2.30. The lowest BCUT2D eigenvalue weighted by Crippen LogP contribution is -2.38. The standard InChI is InChI=1S/C28H28Cl2N4O2/c1-2-24(33(16-8-14-31)27(35)21-13-12-20(29)18-23(21)30)26-22(17-19-9-4-3-5-10-19)28(36)34-15-7-6-11-25(34)32-26/h3-7,9-13,15,18,24H,2,8,14,16-17,31H2,1H3. The third-order valence-electron chi connectivity index (χ3n) is 6.19. The number of aromatic nitrogens is 2. The molecule has 0 aliphatic heterocycles. The van der Waals surface area contributed by atoms with E-state index in [1.165, 1.54) is 0 Å². The Morgan fingerprint density at radius 3 is 2.53 bits per heavy atom. The molecular formula is C28H28Cl2N4O2. The van der Waals surface area contributed by atoms with Crippen molar-refractivity contribution in [2.45, 2.75) is 32.2 Å². The Morgan fingerprint density at radius 1 is 1.08 bits per heavy atom. The van der Waals surface area contributed by atoms with Gasteiger partial charge in [-0.15, -0.1) is 0 Å². The van der Waals surface area contributed by atoms with Crippen LogP contribution in [-0.2, 0) is 6.42 Å². The predicted octanol–water partition coefficient (Wildman–Crippen LogP) is 5.53. The number of hydrogen-bond donors (Lipinski definition) is 1. The van der Waals surface area contributed by atoms with Crippen LogP contribution in [0.3, 0.4) is 0 Å². The zero-order valence-corrected chi connectivity index (χ0v) is 21.5. The highest BCUT2D eigenvalue weighted by atomic mass is 35.5. The molecule has 2 aromatic carbocycles. The van der Waals surface area contributed by atoms with E-state index in [0.717, 1.165) is 5.56 Å². The average Bonchev–Trinajstić information content (AvgIpc) is 2.88. The maximum atomic E-state index is 13.8. The van der Waals surface area contributed by atoms with Crippen LogP contribution in [0.2, 0.25) is 10.0 Å². The maximum Gasteiger partial charge on any atom is 0.261 e. The first kappa shape index (κ1) is 25.9. The fraction of sp³-hybridized carbons (Fsp3) is 0.250. The zero-order chi connectivity index (χ0) is 25.7. The van der Waals surface area contributed by atoms with Crippen molar-refractivity contribution in [3.63, 3.8) is 0 Å². The van der Waals surface area contributed by atoms with Crippen molar-refractivity contribution >= 4 is 34.8 Å². The molecule has 186 valence electrons. The zero-order valence-electron chi connectivity index (χ0n) is 20.0. The molecule has 0 bridgehead atoms. The quantitative estimate of drug-likeness (QED) is 0.313. The van der Waals surface area contributed by atoms with E-state index in [2.05, 4.69) is 0 Å². The number of nitrogens with two attached hydrogens (primary N) is 1. The lowest BCUT2D eigenvalue weighted by atomic mass is 9.97. The molecule has 0 spiro atoms. The Hall–Kier alpha value is -3.19. The van der Waals surface area contributed by atoms with Gasteiger partial charge in [0.2, 0.25) is 0 Å². The number of benzene rings is 2. The van der Waals surface area contributed by atoms with Crippen LogP contribution in [-0.4, -0.2) is 33.3 Å². The van der Waals surface area contributed by atoms with Gasteiger partial charge in [0.05, 0.1) is 22.3 Å². The Morgan fingerprint density at radius 2 is 1.83 bits per heavy atom. The van der Waals surface area contributed by atoms with Gasteiger partial charge in [0.25, 0.3) is 11.5 Å². The smallest absolute Gasteiger partial charge is 0.261 e. The van der Waals surface area contributed by atoms with Gasteiger partial charge in [-0.3, -0.25) is 14.0 Å². The van der Waals surface area contributed by atoms with Crippen molar-refractivity contribution in [1.29, 1.82) is 0 Å². The monoisotopic (exact) mass is 522 g/mol.